The first-order chi connectivity index (χ1) is 13.0. The highest BCUT2D eigenvalue weighted by Gasteiger charge is 2.44. The minimum atomic E-state index is -2.90. The number of aryl methyl sites for hydroxylation is 1. The fraction of sp³-hybridized carbons (Fsp3) is 0.400. The van der Waals surface area contributed by atoms with Crippen molar-refractivity contribution < 1.29 is 18.3 Å². The Kier molecular flexibility index (Phi) is 4.68. The summed E-state index contributed by atoms with van der Waals surface area (Å²) < 4.78 is 29.3. The molecule has 2 aromatic rings. The van der Waals surface area contributed by atoms with E-state index in [4.69, 9.17) is 0 Å². The second-order valence-corrected chi connectivity index (χ2v) is 7.13. The van der Waals surface area contributed by atoms with Crippen LogP contribution in [0.2, 0.25) is 0 Å². The third kappa shape index (κ3) is 3.59. The summed E-state index contributed by atoms with van der Waals surface area (Å²) in [5.41, 5.74) is 3.09. The van der Waals surface area contributed by atoms with Gasteiger partial charge in [-0.2, -0.15) is 8.78 Å². The fourth-order valence-electron chi connectivity index (χ4n) is 4.07. The zero-order valence-electron chi connectivity index (χ0n) is 15.0. The van der Waals surface area contributed by atoms with Gasteiger partial charge >= 0.3 is 12.6 Å². The number of ether oxygens (including phenoxy) is 1. The van der Waals surface area contributed by atoms with E-state index in [9.17, 15) is 13.6 Å². The number of rotatable bonds is 4. The molecule has 1 N–H and O–H groups in total. The van der Waals surface area contributed by atoms with Gasteiger partial charge in [-0.3, -0.25) is 4.98 Å². The fourth-order valence-corrected chi connectivity index (χ4v) is 4.07. The number of benzene rings is 1. The smallest absolute Gasteiger partial charge is 0.387 e. The van der Waals surface area contributed by atoms with Crippen LogP contribution in [0.1, 0.15) is 31.2 Å². The molecule has 142 valence electrons. The molecule has 3 heterocycles. The molecule has 0 aliphatic carbocycles. The van der Waals surface area contributed by atoms with Crippen molar-refractivity contribution in [3.8, 4) is 16.9 Å². The van der Waals surface area contributed by atoms with Gasteiger partial charge in [0.05, 0.1) is 6.20 Å². The summed E-state index contributed by atoms with van der Waals surface area (Å²) in [5.74, 6) is 0.00439. The summed E-state index contributed by atoms with van der Waals surface area (Å²) in [4.78, 5) is 18.5. The molecule has 2 bridgehead atoms. The predicted octanol–water partition coefficient (Wildman–Crippen LogP) is 4.82. The van der Waals surface area contributed by atoms with Crippen molar-refractivity contribution in [2.24, 2.45) is 0 Å². The average molecular weight is 373 g/mol. The Hall–Kier alpha value is -2.70. The minimum Gasteiger partial charge on any atom is -0.433 e. The van der Waals surface area contributed by atoms with Crippen LogP contribution in [0.5, 0.6) is 5.75 Å². The lowest BCUT2D eigenvalue weighted by Gasteiger charge is -2.52. The van der Waals surface area contributed by atoms with Gasteiger partial charge in [-0.15, -0.1) is 0 Å². The van der Waals surface area contributed by atoms with Gasteiger partial charge in [0, 0.05) is 29.5 Å². The molecule has 2 aliphatic rings. The van der Waals surface area contributed by atoms with Crippen molar-refractivity contribution in [3.05, 3.63) is 42.2 Å². The maximum Gasteiger partial charge on any atom is 0.387 e. The summed E-state index contributed by atoms with van der Waals surface area (Å²) in [6.07, 6.45) is 7.29. The first-order valence-corrected chi connectivity index (χ1v) is 9.11. The quantitative estimate of drug-likeness (QED) is 0.836. The summed E-state index contributed by atoms with van der Waals surface area (Å²) in [6.45, 7) is -0.980. The highest BCUT2D eigenvalue weighted by Crippen LogP contribution is 2.38. The van der Waals surface area contributed by atoms with Gasteiger partial charge in [-0.1, -0.05) is 6.07 Å². The molecule has 27 heavy (non-hydrogen) atoms. The molecule has 2 fully saturated rings. The summed E-state index contributed by atoms with van der Waals surface area (Å²) in [5, 5.41) is 2.97. The van der Waals surface area contributed by atoms with Crippen LogP contribution in [0.25, 0.3) is 11.1 Å². The van der Waals surface area contributed by atoms with E-state index in [1.54, 1.807) is 6.20 Å². The maximum absolute atomic E-state index is 12.6. The molecule has 2 amide bonds. The van der Waals surface area contributed by atoms with Crippen molar-refractivity contribution >= 4 is 11.7 Å². The van der Waals surface area contributed by atoms with Gasteiger partial charge < -0.3 is 15.0 Å². The van der Waals surface area contributed by atoms with E-state index in [2.05, 4.69) is 15.0 Å². The second-order valence-electron chi connectivity index (χ2n) is 7.13. The van der Waals surface area contributed by atoms with E-state index in [1.165, 1.54) is 18.7 Å². The Labute approximate surface area is 156 Å². The molecule has 1 aromatic heterocycles. The lowest BCUT2D eigenvalue weighted by Crippen LogP contribution is -2.62. The van der Waals surface area contributed by atoms with Gasteiger partial charge in [-0.05, 0) is 61.9 Å². The molecule has 0 saturated carbocycles. The van der Waals surface area contributed by atoms with Gasteiger partial charge in [0.25, 0.3) is 0 Å². The van der Waals surface area contributed by atoms with Crippen LogP contribution in [0, 0.1) is 6.92 Å². The molecule has 0 spiro atoms. The topological polar surface area (TPSA) is 54.5 Å². The highest BCUT2D eigenvalue weighted by molar-refractivity contribution is 5.91. The summed E-state index contributed by atoms with van der Waals surface area (Å²) >= 11 is 0. The summed E-state index contributed by atoms with van der Waals surface area (Å²) in [6, 6.07) is 7.75. The third-order valence-electron chi connectivity index (χ3n) is 5.38. The van der Waals surface area contributed by atoms with Crippen molar-refractivity contribution in [1.29, 1.82) is 0 Å². The van der Waals surface area contributed by atoms with E-state index >= 15 is 0 Å². The van der Waals surface area contributed by atoms with Crippen molar-refractivity contribution in [3.63, 3.8) is 0 Å². The number of amides is 2. The Morgan fingerprint density at radius 1 is 1.26 bits per heavy atom. The molecule has 5 nitrogen and oxygen atoms in total. The molecule has 2 saturated heterocycles. The number of nitrogens with one attached hydrogen (secondary N) is 1. The van der Waals surface area contributed by atoms with E-state index in [0.717, 1.165) is 30.4 Å². The number of hydrogen-bond donors (Lipinski definition) is 1. The molecule has 1 aromatic carbocycles. The van der Waals surface area contributed by atoms with Crippen LogP contribution in [-0.4, -0.2) is 34.6 Å². The van der Waals surface area contributed by atoms with Crippen LogP contribution in [0.15, 0.2) is 36.7 Å². The lowest BCUT2D eigenvalue weighted by atomic mass is 9.80. The van der Waals surface area contributed by atoms with Crippen molar-refractivity contribution in [2.45, 2.75) is 51.3 Å². The average Bonchev–Trinajstić information content (AvgIpc) is 2.63. The van der Waals surface area contributed by atoms with Gasteiger partial charge in [0.1, 0.15) is 5.75 Å². The van der Waals surface area contributed by atoms with Gasteiger partial charge in [0.15, 0.2) is 0 Å². The number of pyridine rings is 1. The van der Waals surface area contributed by atoms with Gasteiger partial charge in [-0.25, -0.2) is 4.79 Å². The monoisotopic (exact) mass is 373 g/mol. The number of aromatic nitrogens is 1. The third-order valence-corrected chi connectivity index (χ3v) is 5.38. The lowest BCUT2D eigenvalue weighted by molar-refractivity contribution is -0.0500. The Bertz CT molecular complexity index is 845. The van der Waals surface area contributed by atoms with E-state index in [1.807, 2.05) is 30.0 Å². The van der Waals surface area contributed by atoms with Gasteiger partial charge in [0.2, 0.25) is 0 Å². The van der Waals surface area contributed by atoms with E-state index in [-0.39, 0.29) is 11.8 Å². The zero-order valence-corrected chi connectivity index (χ0v) is 15.0. The normalized spacial score (nSPS) is 21.0. The molecule has 2 aliphatic heterocycles. The van der Waals surface area contributed by atoms with Crippen LogP contribution < -0.4 is 10.1 Å². The van der Waals surface area contributed by atoms with Crippen molar-refractivity contribution in [2.75, 3.05) is 5.32 Å². The molecular weight excluding hydrogens is 352 g/mol. The number of halogens is 2. The number of hydrogen-bond acceptors (Lipinski definition) is 3. The number of urea groups is 1. The standard InChI is InChI=1S/C20H21F2N3O2/c1-12-5-6-14(24-20(26)25-15-3-2-4-16(25)9-15)8-18(12)13-7-17(11-23-10-13)27-19(21)22/h5-8,10-11,15-16,19H,2-4,9H2,1H3,(H,24,26). The summed E-state index contributed by atoms with van der Waals surface area (Å²) in [7, 11) is 0. The number of carbonyl (C=O) groups excluding carboxylic acids is 1. The molecule has 0 radical (unpaired) electrons. The van der Waals surface area contributed by atoms with E-state index < -0.39 is 6.61 Å². The first kappa shape index (κ1) is 17.7. The number of nitrogens with zero attached hydrogens (tertiary/aromatic N) is 2. The SMILES string of the molecule is Cc1ccc(NC(=O)N2C3CCCC2C3)cc1-c1cncc(OC(F)F)c1. The highest BCUT2D eigenvalue weighted by atomic mass is 19.3. The second kappa shape index (κ2) is 7.13. The number of anilines is 1. The van der Waals surface area contributed by atoms with Crippen molar-refractivity contribution in [1.82, 2.24) is 9.88 Å². The Morgan fingerprint density at radius 2 is 2.04 bits per heavy atom. The number of piperidine rings is 1. The molecule has 2 atom stereocenters. The molecule has 7 heteroatoms. The van der Waals surface area contributed by atoms with Crippen LogP contribution in [0.4, 0.5) is 19.3 Å². The van der Waals surface area contributed by atoms with E-state index in [0.29, 0.717) is 23.3 Å². The Morgan fingerprint density at radius 3 is 2.74 bits per heavy atom. The van der Waals surface area contributed by atoms with Crippen LogP contribution in [0.3, 0.4) is 0 Å². The first-order valence-electron chi connectivity index (χ1n) is 9.11. The maximum atomic E-state index is 12.6. The number of fused-ring (bicyclic) bond motifs is 2. The number of carbonyl (C=O) groups is 1. The zero-order chi connectivity index (χ0) is 19.0. The van der Waals surface area contributed by atoms with Crippen LogP contribution in [-0.2, 0) is 0 Å². The molecule has 2 unspecified atom stereocenters. The minimum absolute atomic E-state index is 0.00439. The van der Waals surface area contributed by atoms with Crippen LogP contribution >= 0.6 is 0 Å². The predicted molar refractivity (Wildman–Crippen MR) is 97.9 cm³/mol. The largest absolute Gasteiger partial charge is 0.433 e. The molecule has 4 rings (SSSR count). The number of alkyl halides is 2. The molecular formula is C20H21F2N3O2. The Balaban J connectivity index is 1.54.